The SMILES string of the molecule is NC(=O)C(=O)C(Cc1ccccc1)NC(=O)c1cn(C2CC2c2cccc(-n3nccc3C(=O)NC(C=O)Cc3ccccc3)c2)nc1-c1ccccc1. The fourth-order valence-corrected chi connectivity index (χ4v) is 6.65. The van der Waals surface area contributed by atoms with Gasteiger partial charge in [-0.3, -0.25) is 23.9 Å². The lowest BCUT2D eigenvalue weighted by atomic mass is 10.0. The van der Waals surface area contributed by atoms with Gasteiger partial charge in [0, 0.05) is 24.1 Å². The molecule has 1 aliphatic carbocycles. The van der Waals surface area contributed by atoms with Gasteiger partial charge < -0.3 is 21.2 Å². The van der Waals surface area contributed by atoms with Gasteiger partial charge in [0.15, 0.2) is 0 Å². The molecule has 4 N–H and O–H groups in total. The summed E-state index contributed by atoms with van der Waals surface area (Å²) in [5.74, 6) is -2.95. The summed E-state index contributed by atoms with van der Waals surface area (Å²) in [4.78, 5) is 63.9. The van der Waals surface area contributed by atoms with Gasteiger partial charge in [-0.1, -0.05) is 103 Å². The van der Waals surface area contributed by atoms with Crippen molar-refractivity contribution in [3.63, 3.8) is 0 Å². The van der Waals surface area contributed by atoms with Gasteiger partial charge in [0.1, 0.15) is 23.7 Å². The van der Waals surface area contributed by atoms with E-state index in [0.717, 1.165) is 29.4 Å². The number of rotatable bonds is 15. The molecule has 1 saturated carbocycles. The van der Waals surface area contributed by atoms with Gasteiger partial charge in [-0.05, 0) is 47.7 Å². The number of ketones is 1. The van der Waals surface area contributed by atoms with Crippen molar-refractivity contribution in [1.82, 2.24) is 30.2 Å². The highest BCUT2D eigenvalue weighted by atomic mass is 16.2. The zero-order chi connectivity index (χ0) is 37.6. The monoisotopic (exact) mass is 719 g/mol. The minimum atomic E-state index is -1.16. The second-order valence-electron chi connectivity index (χ2n) is 13.2. The third-order valence-corrected chi connectivity index (χ3v) is 9.47. The van der Waals surface area contributed by atoms with Crippen molar-refractivity contribution in [2.45, 2.75) is 43.3 Å². The molecular weight excluding hydrogens is 683 g/mol. The van der Waals surface area contributed by atoms with E-state index in [0.29, 0.717) is 23.4 Å². The van der Waals surface area contributed by atoms with E-state index in [2.05, 4.69) is 15.7 Å². The number of benzene rings is 4. The lowest BCUT2D eigenvalue weighted by Crippen LogP contribution is -2.47. The number of nitrogens with one attached hydrogen (secondary N) is 2. The summed E-state index contributed by atoms with van der Waals surface area (Å²) in [7, 11) is 0. The molecule has 0 radical (unpaired) electrons. The zero-order valence-corrected chi connectivity index (χ0v) is 29.1. The zero-order valence-electron chi connectivity index (χ0n) is 29.1. The average molecular weight is 720 g/mol. The third kappa shape index (κ3) is 7.92. The normalized spacial score (nSPS) is 15.8. The Morgan fingerprint density at radius 2 is 1.46 bits per heavy atom. The largest absolute Gasteiger partial charge is 0.363 e. The molecule has 7 rings (SSSR count). The second-order valence-corrected chi connectivity index (χ2v) is 13.2. The number of aldehydes is 1. The Kier molecular flexibility index (Phi) is 10.3. The first kappa shape index (κ1) is 35.5. The van der Waals surface area contributed by atoms with Crippen LogP contribution in [-0.2, 0) is 27.2 Å². The fourth-order valence-electron chi connectivity index (χ4n) is 6.65. The van der Waals surface area contributed by atoms with Gasteiger partial charge >= 0.3 is 0 Å². The molecule has 4 atom stereocenters. The van der Waals surface area contributed by atoms with Gasteiger partial charge in [0.25, 0.3) is 17.7 Å². The van der Waals surface area contributed by atoms with Crippen LogP contribution in [0.25, 0.3) is 16.9 Å². The standard InChI is InChI=1S/C42H37N7O5/c43-40(52)39(51)35(22-28-13-6-2-7-14-28)46-41(53)34-25-48(47-38(34)29-15-8-3-9-16-29)37-24-33(37)30-17-10-18-32(23-30)49-36(19-20-44-49)42(54)45-31(26-50)21-27-11-4-1-5-12-27/h1-20,23,25-26,31,33,35,37H,21-22,24H2,(H2,43,52)(H,45,54)(H,46,53). The summed E-state index contributed by atoms with van der Waals surface area (Å²) in [5.41, 5.74) is 10.4. The molecule has 270 valence electrons. The number of hydrogen-bond acceptors (Lipinski definition) is 7. The number of hydrogen-bond donors (Lipinski definition) is 3. The first-order valence-corrected chi connectivity index (χ1v) is 17.6. The van der Waals surface area contributed by atoms with Crippen LogP contribution in [0.15, 0.2) is 134 Å². The van der Waals surface area contributed by atoms with E-state index in [1.165, 1.54) is 6.20 Å². The van der Waals surface area contributed by atoms with Crippen LogP contribution >= 0.6 is 0 Å². The van der Waals surface area contributed by atoms with Crippen molar-refractivity contribution < 1.29 is 24.0 Å². The predicted octanol–water partition coefficient (Wildman–Crippen LogP) is 4.40. The molecular formula is C42H37N7O5. The van der Waals surface area contributed by atoms with Crippen LogP contribution in [0.1, 0.15) is 55.9 Å². The Morgan fingerprint density at radius 3 is 2.13 bits per heavy atom. The molecule has 2 aromatic heterocycles. The number of amides is 3. The third-order valence-electron chi connectivity index (χ3n) is 9.47. The molecule has 0 bridgehead atoms. The van der Waals surface area contributed by atoms with E-state index < -0.39 is 35.6 Å². The number of nitrogens with two attached hydrogens (primary N) is 1. The summed E-state index contributed by atoms with van der Waals surface area (Å²) in [6.07, 6.45) is 5.15. The van der Waals surface area contributed by atoms with Crippen LogP contribution in [0.5, 0.6) is 0 Å². The highest BCUT2D eigenvalue weighted by Gasteiger charge is 2.42. The molecule has 1 fully saturated rings. The topological polar surface area (TPSA) is 171 Å². The van der Waals surface area contributed by atoms with Crippen LogP contribution in [0.2, 0.25) is 0 Å². The molecule has 3 amide bonds. The fraction of sp³-hybridized carbons (Fsp3) is 0.167. The maximum absolute atomic E-state index is 13.9. The number of aromatic nitrogens is 4. The molecule has 0 spiro atoms. The van der Waals surface area contributed by atoms with Crippen LogP contribution in [0.4, 0.5) is 0 Å². The van der Waals surface area contributed by atoms with Crippen LogP contribution < -0.4 is 16.4 Å². The highest BCUT2D eigenvalue weighted by Crippen LogP contribution is 2.51. The molecule has 2 heterocycles. The van der Waals surface area contributed by atoms with E-state index in [1.807, 2.05) is 103 Å². The van der Waals surface area contributed by atoms with Gasteiger partial charge in [-0.15, -0.1) is 0 Å². The number of Topliss-reactive ketones (excluding diaryl/α,β-unsaturated/α-hetero) is 1. The van der Waals surface area contributed by atoms with Crippen molar-refractivity contribution in [3.8, 4) is 16.9 Å². The highest BCUT2D eigenvalue weighted by molar-refractivity contribution is 6.38. The minimum Gasteiger partial charge on any atom is -0.363 e. The summed E-state index contributed by atoms with van der Waals surface area (Å²) in [6, 6.07) is 35.2. The molecule has 0 aliphatic heterocycles. The van der Waals surface area contributed by atoms with Crippen LogP contribution in [-0.4, -0.2) is 61.4 Å². The Hall–Kier alpha value is -6.95. The Balaban J connectivity index is 1.11. The maximum Gasteiger partial charge on any atom is 0.287 e. The number of carbonyl (C=O) groups excluding carboxylic acids is 5. The molecule has 54 heavy (non-hydrogen) atoms. The molecule has 12 nitrogen and oxygen atoms in total. The van der Waals surface area contributed by atoms with E-state index in [1.54, 1.807) is 33.8 Å². The predicted molar refractivity (Wildman–Crippen MR) is 201 cm³/mol. The summed E-state index contributed by atoms with van der Waals surface area (Å²) in [6.45, 7) is 0. The van der Waals surface area contributed by atoms with E-state index in [-0.39, 0.29) is 29.6 Å². The van der Waals surface area contributed by atoms with Gasteiger partial charge in [0.05, 0.1) is 29.5 Å². The number of carbonyl (C=O) groups is 5. The van der Waals surface area contributed by atoms with Crippen LogP contribution in [0.3, 0.4) is 0 Å². The molecule has 1 aliphatic rings. The first-order chi connectivity index (χ1) is 26.3. The minimum absolute atomic E-state index is 0.0461. The molecule has 0 saturated heterocycles. The smallest absolute Gasteiger partial charge is 0.287 e. The second kappa shape index (κ2) is 15.7. The van der Waals surface area contributed by atoms with Gasteiger partial charge in [-0.2, -0.15) is 10.2 Å². The lowest BCUT2D eigenvalue weighted by Gasteiger charge is -2.16. The molecule has 4 aromatic carbocycles. The van der Waals surface area contributed by atoms with Crippen LogP contribution in [0, 0.1) is 0 Å². The van der Waals surface area contributed by atoms with Crippen molar-refractivity contribution in [1.29, 1.82) is 0 Å². The number of primary amides is 1. The first-order valence-electron chi connectivity index (χ1n) is 17.6. The average Bonchev–Trinajstić information content (AvgIpc) is 3.61. The van der Waals surface area contributed by atoms with Crippen molar-refractivity contribution in [3.05, 3.63) is 162 Å². The van der Waals surface area contributed by atoms with Crippen molar-refractivity contribution in [2.24, 2.45) is 5.73 Å². The van der Waals surface area contributed by atoms with E-state index in [9.17, 15) is 24.0 Å². The summed E-state index contributed by atoms with van der Waals surface area (Å²) in [5, 5.41) is 14.8. The van der Waals surface area contributed by atoms with Crippen molar-refractivity contribution >= 4 is 29.8 Å². The van der Waals surface area contributed by atoms with E-state index in [4.69, 9.17) is 10.8 Å². The Morgan fingerprint density at radius 1 is 0.796 bits per heavy atom. The van der Waals surface area contributed by atoms with E-state index >= 15 is 0 Å². The maximum atomic E-state index is 13.9. The molecule has 6 aromatic rings. The molecule has 4 unspecified atom stereocenters. The molecule has 12 heteroatoms. The Labute approximate surface area is 311 Å². The summed E-state index contributed by atoms with van der Waals surface area (Å²) < 4.78 is 3.32. The number of nitrogens with zero attached hydrogens (tertiary/aromatic N) is 4. The Bertz CT molecular complexity index is 2300. The van der Waals surface area contributed by atoms with Gasteiger partial charge in [0.2, 0.25) is 5.78 Å². The lowest BCUT2D eigenvalue weighted by molar-refractivity contribution is -0.137. The summed E-state index contributed by atoms with van der Waals surface area (Å²) >= 11 is 0. The van der Waals surface area contributed by atoms with Crippen molar-refractivity contribution in [2.75, 3.05) is 0 Å². The van der Waals surface area contributed by atoms with Gasteiger partial charge in [-0.25, -0.2) is 4.68 Å². The quantitative estimate of drug-likeness (QED) is 0.104.